The molecule has 2 amide bonds. The number of likely N-dealkylation sites (tertiary alicyclic amines) is 1. The number of rotatable bonds is 4. The molecule has 1 aliphatic rings. The molecule has 0 unspecified atom stereocenters. The Kier molecular flexibility index (Phi) is 5.65. The molecule has 1 aromatic carbocycles. The average molecular weight is 371 g/mol. The van der Waals surface area contributed by atoms with E-state index in [2.05, 4.69) is 21.2 Å². The van der Waals surface area contributed by atoms with Crippen LogP contribution in [0.2, 0.25) is 0 Å². The molecule has 2 N–H and O–H groups in total. The molecule has 1 heterocycles. The van der Waals surface area contributed by atoms with Crippen molar-refractivity contribution in [2.75, 3.05) is 20.2 Å². The first-order chi connectivity index (χ1) is 10.5. The van der Waals surface area contributed by atoms with Gasteiger partial charge in [-0.1, -0.05) is 22.0 Å². The molecule has 0 saturated carbocycles. The van der Waals surface area contributed by atoms with Crippen molar-refractivity contribution in [2.24, 2.45) is 5.92 Å². The quantitative estimate of drug-likeness (QED) is 0.852. The standard InChI is InChI=1S/C15H19BrN2O4/c1-22-13-8-12(16)3-2-11(13)9-17-15(21)18-6-4-10(5-7-18)14(19)20/h2-3,8,10H,4-7,9H2,1H3,(H,17,21)(H,19,20). The van der Waals surface area contributed by atoms with E-state index in [0.29, 0.717) is 38.2 Å². The number of hydrogen-bond donors (Lipinski definition) is 2. The maximum absolute atomic E-state index is 12.1. The number of hydrogen-bond acceptors (Lipinski definition) is 3. The van der Waals surface area contributed by atoms with Crippen LogP contribution in [0.3, 0.4) is 0 Å². The number of carboxylic acids is 1. The summed E-state index contributed by atoms with van der Waals surface area (Å²) >= 11 is 3.37. The van der Waals surface area contributed by atoms with Crippen molar-refractivity contribution in [3.63, 3.8) is 0 Å². The molecule has 120 valence electrons. The number of carbonyl (C=O) groups is 2. The highest BCUT2D eigenvalue weighted by Gasteiger charge is 2.26. The molecule has 1 saturated heterocycles. The monoisotopic (exact) mass is 370 g/mol. The summed E-state index contributed by atoms with van der Waals surface area (Å²) in [6, 6.07) is 5.45. The predicted octanol–water partition coefficient (Wildman–Crippen LogP) is 2.46. The molecule has 2 rings (SSSR count). The van der Waals surface area contributed by atoms with E-state index in [1.807, 2.05) is 18.2 Å². The minimum atomic E-state index is -0.778. The van der Waals surface area contributed by atoms with Crippen molar-refractivity contribution in [1.29, 1.82) is 0 Å². The second-order valence-corrected chi connectivity index (χ2v) is 6.13. The Morgan fingerprint density at radius 2 is 2.09 bits per heavy atom. The number of halogens is 1. The van der Waals surface area contributed by atoms with Crippen LogP contribution in [0.1, 0.15) is 18.4 Å². The van der Waals surface area contributed by atoms with E-state index in [4.69, 9.17) is 9.84 Å². The van der Waals surface area contributed by atoms with E-state index < -0.39 is 5.97 Å². The number of piperidine rings is 1. The Balaban J connectivity index is 1.87. The summed E-state index contributed by atoms with van der Waals surface area (Å²) in [5, 5.41) is 11.8. The maximum atomic E-state index is 12.1. The molecule has 1 fully saturated rings. The number of nitrogens with zero attached hydrogens (tertiary/aromatic N) is 1. The van der Waals surface area contributed by atoms with Crippen LogP contribution in [0.25, 0.3) is 0 Å². The third-order valence-corrected chi connectivity index (χ3v) is 4.30. The smallest absolute Gasteiger partial charge is 0.317 e. The van der Waals surface area contributed by atoms with Gasteiger partial charge in [-0.3, -0.25) is 4.79 Å². The average Bonchev–Trinajstić information content (AvgIpc) is 2.53. The first kappa shape index (κ1) is 16.6. The summed E-state index contributed by atoms with van der Waals surface area (Å²) in [6.45, 7) is 1.31. The first-order valence-corrected chi connectivity index (χ1v) is 7.88. The molecule has 6 nitrogen and oxygen atoms in total. The van der Waals surface area contributed by atoms with Gasteiger partial charge in [0, 0.05) is 29.7 Å². The molecule has 0 radical (unpaired) electrons. The van der Waals surface area contributed by atoms with Gasteiger partial charge in [-0.15, -0.1) is 0 Å². The number of aliphatic carboxylic acids is 1. The summed E-state index contributed by atoms with van der Waals surface area (Å²) in [6.07, 6.45) is 1.01. The summed E-state index contributed by atoms with van der Waals surface area (Å²) < 4.78 is 6.20. The van der Waals surface area contributed by atoms with E-state index >= 15 is 0 Å². The summed E-state index contributed by atoms with van der Waals surface area (Å²) in [5.41, 5.74) is 0.888. The number of ether oxygens (including phenoxy) is 1. The molecule has 0 atom stereocenters. The van der Waals surface area contributed by atoms with Gasteiger partial charge in [0.05, 0.1) is 13.0 Å². The lowest BCUT2D eigenvalue weighted by Crippen LogP contribution is -2.45. The lowest BCUT2D eigenvalue weighted by molar-refractivity contribution is -0.143. The zero-order valence-electron chi connectivity index (χ0n) is 12.3. The highest BCUT2D eigenvalue weighted by Crippen LogP contribution is 2.23. The number of nitrogens with one attached hydrogen (secondary N) is 1. The van der Waals surface area contributed by atoms with Crippen LogP contribution in [0.15, 0.2) is 22.7 Å². The van der Waals surface area contributed by atoms with Gasteiger partial charge in [-0.25, -0.2) is 4.79 Å². The molecule has 0 aliphatic carbocycles. The number of carbonyl (C=O) groups excluding carboxylic acids is 1. The number of benzene rings is 1. The van der Waals surface area contributed by atoms with Crippen molar-refractivity contribution in [3.05, 3.63) is 28.2 Å². The zero-order chi connectivity index (χ0) is 16.1. The van der Waals surface area contributed by atoms with Gasteiger partial charge in [-0.05, 0) is 25.0 Å². The van der Waals surface area contributed by atoms with Crippen LogP contribution in [0, 0.1) is 5.92 Å². The molecule has 7 heteroatoms. The number of amides is 2. The SMILES string of the molecule is COc1cc(Br)ccc1CNC(=O)N1CCC(C(=O)O)CC1. The molecule has 0 bridgehead atoms. The third kappa shape index (κ3) is 4.13. The van der Waals surface area contributed by atoms with E-state index in [9.17, 15) is 9.59 Å². The van der Waals surface area contributed by atoms with E-state index in [1.165, 1.54) is 0 Å². The van der Waals surface area contributed by atoms with Crippen molar-refractivity contribution in [1.82, 2.24) is 10.2 Å². The highest BCUT2D eigenvalue weighted by atomic mass is 79.9. The lowest BCUT2D eigenvalue weighted by atomic mass is 9.97. The molecule has 0 spiro atoms. The van der Waals surface area contributed by atoms with Crippen molar-refractivity contribution in [2.45, 2.75) is 19.4 Å². The Bertz CT molecular complexity index is 556. The van der Waals surface area contributed by atoms with Gasteiger partial charge >= 0.3 is 12.0 Å². The topological polar surface area (TPSA) is 78.9 Å². The van der Waals surface area contributed by atoms with Crippen molar-refractivity contribution in [3.8, 4) is 5.75 Å². The normalized spacial score (nSPS) is 15.5. The van der Waals surface area contributed by atoms with Crippen LogP contribution in [-0.2, 0) is 11.3 Å². The Hall–Kier alpha value is -1.76. The third-order valence-electron chi connectivity index (χ3n) is 3.81. The molecule has 22 heavy (non-hydrogen) atoms. The van der Waals surface area contributed by atoms with Gasteiger partial charge in [0.15, 0.2) is 0 Å². The summed E-state index contributed by atoms with van der Waals surface area (Å²) in [4.78, 5) is 24.7. The van der Waals surface area contributed by atoms with Gasteiger partial charge in [-0.2, -0.15) is 0 Å². The fraction of sp³-hybridized carbons (Fsp3) is 0.467. The molecular formula is C15H19BrN2O4. The fourth-order valence-corrected chi connectivity index (χ4v) is 2.82. The predicted molar refractivity (Wildman–Crippen MR) is 84.9 cm³/mol. The van der Waals surface area contributed by atoms with Crippen molar-refractivity contribution < 1.29 is 19.4 Å². The number of urea groups is 1. The Labute approximate surface area is 137 Å². The van der Waals surface area contributed by atoms with Gasteiger partial charge < -0.3 is 20.1 Å². The van der Waals surface area contributed by atoms with E-state index in [1.54, 1.807) is 12.0 Å². The van der Waals surface area contributed by atoms with E-state index in [0.717, 1.165) is 10.0 Å². The van der Waals surface area contributed by atoms with Crippen LogP contribution >= 0.6 is 15.9 Å². The largest absolute Gasteiger partial charge is 0.496 e. The Morgan fingerprint density at radius 3 is 2.68 bits per heavy atom. The van der Waals surface area contributed by atoms with Crippen LogP contribution in [0.5, 0.6) is 5.75 Å². The molecule has 1 aromatic rings. The minimum Gasteiger partial charge on any atom is -0.496 e. The second-order valence-electron chi connectivity index (χ2n) is 5.21. The maximum Gasteiger partial charge on any atom is 0.317 e. The zero-order valence-corrected chi connectivity index (χ0v) is 13.9. The summed E-state index contributed by atoms with van der Waals surface area (Å²) in [5.74, 6) is -0.408. The fourth-order valence-electron chi connectivity index (χ4n) is 2.48. The van der Waals surface area contributed by atoms with Crippen molar-refractivity contribution >= 4 is 27.9 Å². The van der Waals surface area contributed by atoms with Crippen LogP contribution < -0.4 is 10.1 Å². The first-order valence-electron chi connectivity index (χ1n) is 7.09. The molecule has 0 aromatic heterocycles. The second kappa shape index (κ2) is 7.49. The van der Waals surface area contributed by atoms with Crippen LogP contribution in [-0.4, -0.2) is 42.2 Å². The lowest BCUT2D eigenvalue weighted by Gasteiger charge is -2.30. The number of carboxylic acid groups (broad SMARTS) is 1. The number of methoxy groups -OCH3 is 1. The highest BCUT2D eigenvalue weighted by molar-refractivity contribution is 9.10. The van der Waals surface area contributed by atoms with Gasteiger partial charge in [0.25, 0.3) is 0 Å². The van der Waals surface area contributed by atoms with Gasteiger partial charge in [0.1, 0.15) is 5.75 Å². The summed E-state index contributed by atoms with van der Waals surface area (Å²) in [7, 11) is 1.59. The van der Waals surface area contributed by atoms with E-state index in [-0.39, 0.29) is 11.9 Å². The van der Waals surface area contributed by atoms with Gasteiger partial charge in [0.2, 0.25) is 0 Å². The van der Waals surface area contributed by atoms with Crippen LogP contribution in [0.4, 0.5) is 4.79 Å². The Morgan fingerprint density at radius 1 is 1.41 bits per heavy atom. The minimum absolute atomic E-state index is 0.172. The molecule has 1 aliphatic heterocycles. The molecular weight excluding hydrogens is 352 g/mol.